The highest BCUT2D eigenvalue weighted by Crippen LogP contribution is 2.31. The summed E-state index contributed by atoms with van der Waals surface area (Å²) in [4.78, 5) is 0. The minimum Gasteiger partial charge on any atom is -0.124 e. The van der Waals surface area contributed by atoms with E-state index in [4.69, 9.17) is 0 Å². The van der Waals surface area contributed by atoms with Crippen molar-refractivity contribution in [3.63, 3.8) is 0 Å². The molecule has 20 heavy (non-hydrogen) atoms. The van der Waals surface area contributed by atoms with E-state index in [2.05, 4.69) is 65.2 Å². The SMILES string of the molecule is C=C=C(C(/C=C\C)=C/CC)C(CCCC)CC(C)CC. The molecule has 0 aliphatic carbocycles. The lowest BCUT2D eigenvalue weighted by atomic mass is 9.81. The van der Waals surface area contributed by atoms with Crippen molar-refractivity contribution >= 4 is 0 Å². The maximum atomic E-state index is 3.97. The van der Waals surface area contributed by atoms with Crippen LogP contribution in [0, 0.1) is 11.8 Å². The number of hydrogen-bond donors (Lipinski definition) is 0. The quantitative estimate of drug-likeness (QED) is 0.302. The first-order chi connectivity index (χ1) is 9.64. The second-order valence-electron chi connectivity index (χ2n) is 5.75. The van der Waals surface area contributed by atoms with Crippen LogP contribution in [0.1, 0.15) is 73.1 Å². The predicted molar refractivity (Wildman–Crippen MR) is 92.9 cm³/mol. The van der Waals surface area contributed by atoms with Crippen LogP contribution in [0.15, 0.2) is 41.7 Å². The molecule has 0 N–H and O–H groups in total. The van der Waals surface area contributed by atoms with Crippen LogP contribution >= 0.6 is 0 Å². The Morgan fingerprint density at radius 3 is 2.40 bits per heavy atom. The minimum absolute atomic E-state index is 0.608. The van der Waals surface area contributed by atoms with Gasteiger partial charge in [-0.3, -0.25) is 0 Å². The lowest BCUT2D eigenvalue weighted by molar-refractivity contribution is 0.398. The molecule has 0 aromatic carbocycles. The zero-order chi connectivity index (χ0) is 15.4. The van der Waals surface area contributed by atoms with E-state index in [1.165, 1.54) is 43.3 Å². The topological polar surface area (TPSA) is 0 Å². The van der Waals surface area contributed by atoms with E-state index in [0.717, 1.165) is 12.3 Å². The average Bonchev–Trinajstić information content (AvgIpc) is 2.45. The molecule has 0 aliphatic rings. The Labute approximate surface area is 127 Å². The van der Waals surface area contributed by atoms with Crippen LogP contribution in [0.3, 0.4) is 0 Å². The molecule has 0 heteroatoms. The molecule has 0 nitrogen and oxygen atoms in total. The summed E-state index contributed by atoms with van der Waals surface area (Å²) in [6, 6.07) is 0. The van der Waals surface area contributed by atoms with Crippen molar-refractivity contribution in [1.29, 1.82) is 0 Å². The van der Waals surface area contributed by atoms with Gasteiger partial charge in [0, 0.05) is 5.57 Å². The maximum absolute atomic E-state index is 3.97. The van der Waals surface area contributed by atoms with Crippen molar-refractivity contribution in [2.24, 2.45) is 11.8 Å². The number of rotatable bonds is 10. The fourth-order valence-corrected chi connectivity index (χ4v) is 2.63. The molecule has 0 bridgehead atoms. The van der Waals surface area contributed by atoms with E-state index in [0.29, 0.717) is 5.92 Å². The van der Waals surface area contributed by atoms with Gasteiger partial charge in [0.15, 0.2) is 0 Å². The van der Waals surface area contributed by atoms with Gasteiger partial charge in [0.2, 0.25) is 0 Å². The Balaban J connectivity index is 5.24. The molecule has 0 spiro atoms. The molecular weight excluding hydrogens is 240 g/mol. The molecule has 0 aromatic heterocycles. The Hall–Kier alpha value is -1.00. The Morgan fingerprint density at radius 1 is 1.25 bits per heavy atom. The number of allylic oxidation sites excluding steroid dienone is 5. The van der Waals surface area contributed by atoms with Crippen LogP contribution in [0.25, 0.3) is 0 Å². The summed E-state index contributed by atoms with van der Waals surface area (Å²) in [5, 5.41) is 0. The summed E-state index contributed by atoms with van der Waals surface area (Å²) >= 11 is 0. The van der Waals surface area contributed by atoms with Gasteiger partial charge in [-0.05, 0) is 43.6 Å². The van der Waals surface area contributed by atoms with Gasteiger partial charge in [-0.15, -0.1) is 5.73 Å². The summed E-state index contributed by atoms with van der Waals surface area (Å²) in [5.74, 6) is 1.38. The van der Waals surface area contributed by atoms with Gasteiger partial charge in [0.05, 0.1) is 0 Å². The zero-order valence-electron chi connectivity index (χ0n) is 14.3. The first kappa shape index (κ1) is 19.0. The van der Waals surface area contributed by atoms with Gasteiger partial charge in [0.25, 0.3) is 0 Å². The maximum Gasteiger partial charge on any atom is 0.00336 e. The van der Waals surface area contributed by atoms with Crippen LogP contribution in [0.2, 0.25) is 0 Å². The normalized spacial score (nSPS) is 15.2. The standard InChI is InChI=1S/C20H34/c1-7-12-15-19(16-17(6)10-4)20(11-5)18(13-8-2)14-9-3/h8,13-14,17,19H,5,7,9-10,12,15-16H2,1-4,6H3/b13-8-,18-14+. The minimum atomic E-state index is 0.608. The molecule has 0 saturated heterocycles. The molecule has 0 saturated carbocycles. The Morgan fingerprint density at radius 2 is 1.95 bits per heavy atom. The Bertz CT molecular complexity index is 350. The second-order valence-corrected chi connectivity index (χ2v) is 5.75. The summed E-state index contributed by atoms with van der Waals surface area (Å²) in [5.41, 5.74) is 5.92. The van der Waals surface area contributed by atoms with E-state index in [1.807, 2.05) is 0 Å². The van der Waals surface area contributed by atoms with Gasteiger partial charge in [-0.2, -0.15) is 0 Å². The summed E-state index contributed by atoms with van der Waals surface area (Å²) in [6.45, 7) is 15.2. The first-order valence-electron chi connectivity index (χ1n) is 8.37. The van der Waals surface area contributed by atoms with Crippen molar-refractivity contribution in [3.05, 3.63) is 41.7 Å². The molecule has 0 aromatic rings. The van der Waals surface area contributed by atoms with Crippen molar-refractivity contribution in [1.82, 2.24) is 0 Å². The third-order valence-electron chi connectivity index (χ3n) is 3.97. The fraction of sp³-hybridized carbons (Fsp3) is 0.650. The van der Waals surface area contributed by atoms with Crippen LogP contribution in [0.4, 0.5) is 0 Å². The third kappa shape index (κ3) is 6.96. The molecular formula is C20H34. The molecule has 0 amide bonds. The van der Waals surface area contributed by atoms with Crippen LogP contribution in [0.5, 0.6) is 0 Å². The van der Waals surface area contributed by atoms with Crippen LogP contribution < -0.4 is 0 Å². The molecule has 0 heterocycles. The van der Waals surface area contributed by atoms with Crippen molar-refractivity contribution < 1.29 is 0 Å². The van der Waals surface area contributed by atoms with E-state index < -0.39 is 0 Å². The van der Waals surface area contributed by atoms with Crippen molar-refractivity contribution in [2.75, 3.05) is 0 Å². The van der Waals surface area contributed by atoms with Crippen molar-refractivity contribution in [2.45, 2.75) is 73.1 Å². The van der Waals surface area contributed by atoms with Crippen molar-refractivity contribution in [3.8, 4) is 0 Å². The van der Waals surface area contributed by atoms with Gasteiger partial charge in [0.1, 0.15) is 0 Å². The summed E-state index contributed by atoms with van der Waals surface area (Å²) in [6.07, 6.45) is 14.0. The van der Waals surface area contributed by atoms with Crippen LogP contribution in [-0.2, 0) is 0 Å². The fourth-order valence-electron chi connectivity index (χ4n) is 2.63. The van der Waals surface area contributed by atoms with E-state index in [-0.39, 0.29) is 0 Å². The highest BCUT2D eigenvalue weighted by molar-refractivity contribution is 5.40. The molecule has 114 valence electrons. The third-order valence-corrected chi connectivity index (χ3v) is 3.97. The average molecular weight is 274 g/mol. The molecule has 2 unspecified atom stereocenters. The largest absolute Gasteiger partial charge is 0.124 e. The summed E-state index contributed by atoms with van der Waals surface area (Å²) in [7, 11) is 0. The van der Waals surface area contributed by atoms with Gasteiger partial charge in [-0.25, -0.2) is 0 Å². The lowest BCUT2D eigenvalue weighted by Gasteiger charge is -2.23. The van der Waals surface area contributed by atoms with E-state index >= 15 is 0 Å². The number of unbranched alkanes of at least 4 members (excludes halogenated alkanes) is 1. The molecule has 0 aliphatic heterocycles. The van der Waals surface area contributed by atoms with Gasteiger partial charge >= 0.3 is 0 Å². The zero-order valence-corrected chi connectivity index (χ0v) is 14.3. The van der Waals surface area contributed by atoms with E-state index in [1.54, 1.807) is 0 Å². The second kappa shape index (κ2) is 11.8. The van der Waals surface area contributed by atoms with Crippen LogP contribution in [-0.4, -0.2) is 0 Å². The van der Waals surface area contributed by atoms with E-state index in [9.17, 15) is 0 Å². The molecule has 2 atom stereocenters. The highest BCUT2D eigenvalue weighted by Gasteiger charge is 2.18. The molecule has 0 radical (unpaired) electrons. The molecule has 0 rings (SSSR count). The molecule has 0 fully saturated rings. The van der Waals surface area contributed by atoms with Gasteiger partial charge in [-0.1, -0.05) is 71.8 Å². The lowest BCUT2D eigenvalue weighted by Crippen LogP contribution is -2.10. The first-order valence-corrected chi connectivity index (χ1v) is 8.37. The smallest absolute Gasteiger partial charge is 0.00336 e. The predicted octanol–water partition coefficient (Wildman–Crippen LogP) is 6.85. The van der Waals surface area contributed by atoms with Gasteiger partial charge < -0.3 is 0 Å². The number of hydrogen-bond acceptors (Lipinski definition) is 0. The highest BCUT2D eigenvalue weighted by atomic mass is 14.2. The Kier molecular flexibility index (Phi) is 11.2. The summed E-state index contributed by atoms with van der Waals surface area (Å²) < 4.78 is 0. The monoisotopic (exact) mass is 274 g/mol.